The standard InChI is InChI=1S/C13H15NO3/c1-2-3-10-4-6-11(7-5-10)13(17)14-9-8-12(15)16/h2-7H,8-9H2,1H3,(H,14,17)(H,15,16). The van der Waals surface area contributed by atoms with Gasteiger partial charge in [-0.2, -0.15) is 0 Å². The molecule has 90 valence electrons. The quantitative estimate of drug-likeness (QED) is 0.816. The van der Waals surface area contributed by atoms with E-state index in [0.717, 1.165) is 5.56 Å². The molecule has 0 spiro atoms. The van der Waals surface area contributed by atoms with E-state index in [9.17, 15) is 9.59 Å². The summed E-state index contributed by atoms with van der Waals surface area (Å²) in [5.74, 6) is -1.17. The molecule has 4 nitrogen and oxygen atoms in total. The minimum atomic E-state index is -0.922. The van der Waals surface area contributed by atoms with Gasteiger partial charge < -0.3 is 10.4 Å². The highest BCUT2D eigenvalue weighted by atomic mass is 16.4. The molecule has 2 N–H and O–H groups in total. The lowest BCUT2D eigenvalue weighted by Gasteiger charge is -2.03. The largest absolute Gasteiger partial charge is 0.481 e. The van der Waals surface area contributed by atoms with Crippen molar-refractivity contribution in [2.45, 2.75) is 13.3 Å². The van der Waals surface area contributed by atoms with Crippen LogP contribution in [0.3, 0.4) is 0 Å². The highest BCUT2D eigenvalue weighted by Gasteiger charge is 2.05. The smallest absolute Gasteiger partial charge is 0.305 e. The molecule has 0 fully saturated rings. The molecule has 0 heterocycles. The summed E-state index contributed by atoms with van der Waals surface area (Å²) in [6.07, 6.45) is 3.79. The number of amides is 1. The van der Waals surface area contributed by atoms with Gasteiger partial charge in [-0.15, -0.1) is 0 Å². The van der Waals surface area contributed by atoms with Gasteiger partial charge in [-0.3, -0.25) is 9.59 Å². The number of carbonyl (C=O) groups excluding carboxylic acids is 1. The van der Waals surface area contributed by atoms with Crippen LogP contribution in [0, 0.1) is 0 Å². The van der Waals surface area contributed by atoms with E-state index in [0.29, 0.717) is 5.56 Å². The molecule has 0 unspecified atom stereocenters. The third-order valence-electron chi connectivity index (χ3n) is 2.16. The molecule has 1 aromatic carbocycles. The Morgan fingerprint density at radius 1 is 1.29 bits per heavy atom. The monoisotopic (exact) mass is 233 g/mol. The van der Waals surface area contributed by atoms with E-state index < -0.39 is 5.97 Å². The van der Waals surface area contributed by atoms with Crippen molar-refractivity contribution in [2.24, 2.45) is 0 Å². The van der Waals surface area contributed by atoms with E-state index in [2.05, 4.69) is 5.32 Å². The Balaban J connectivity index is 2.54. The summed E-state index contributed by atoms with van der Waals surface area (Å²) in [7, 11) is 0. The average Bonchev–Trinajstić information content (AvgIpc) is 2.30. The lowest BCUT2D eigenvalue weighted by atomic mass is 10.1. The summed E-state index contributed by atoms with van der Waals surface area (Å²) < 4.78 is 0. The zero-order valence-electron chi connectivity index (χ0n) is 9.64. The number of aliphatic carboxylic acids is 1. The second kappa shape index (κ2) is 6.48. The fourth-order valence-electron chi connectivity index (χ4n) is 1.32. The van der Waals surface area contributed by atoms with Crippen LogP contribution in [0.2, 0.25) is 0 Å². The summed E-state index contributed by atoms with van der Waals surface area (Å²) in [5, 5.41) is 11.0. The molecule has 0 aliphatic heterocycles. The number of allylic oxidation sites excluding steroid dienone is 1. The number of carbonyl (C=O) groups is 2. The Morgan fingerprint density at radius 2 is 1.94 bits per heavy atom. The van der Waals surface area contributed by atoms with Crippen molar-refractivity contribution in [3.05, 3.63) is 41.5 Å². The van der Waals surface area contributed by atoms with Crippen molar-refractivity contribution in [2.75, 3.05) is 6.54 Å². The van der Waals surface area contributed by atoms with Gasteiger partial charge in [0.2, 0.25) is 0 Å². The van der Waals surface area contributed by atoms with Crippen molar-refractivity contribution in [1.82, 2.24) is 5.32 Å². The highest BCUT2D eigenvalue weighted by Crippen LogP contribution is 2.06. The number of benzene rings is 1. The van der Waals surface area contributed by atoms with Gasteiger partial charge >= 0.3 is 5.97 Å². The Morgan fingerprint density at radius 3 is 2.47 bits per heavy atom. The lowest BCUT2D eigenvalue weighted by molar-refractivity contribution is -0.136. The number of rotatable bonds is 5. The highest BCUT2D eigenvalue weighted by molar-refractivity contribution is 5.94. The minimum absolute atomic E-state index is 0.0671. The van der Waals surface area contributed by atoms with Crippen LogP contribution in [0.5, 0.6) is 0 Å². The second-order valence-corrected chi connectivity index (χ2v) is 3.52. The van der Waals surface area contributed by atoms with Crippen molar-refractivity contribution >= 4 is 18.0 Å². The van der Waals surface area contributed by atoms with Gasteiger partial charge in [0, 0.05) is 12.1 Å². The first-order valence-electron chi connectivity index (χ1n) is 5.36. The average molecular weight is 233 g/mol. The summed E-state index contributed by atoms with van der Waals surface area (Å²) >= 11 is 0. The number of carboxylic acid groups (broad SMARTS) is 1. The van der Waals surface area contributed by atoms with Gasteiger partial charge in [0.1, 0.15) is 0 Å². The second-order valence-electron chi connectivity index (χ2n) is 3.52. The SMILES string of the molecule is CC=Cc1ccc(C(=O)NCCC(=O)O)cc1. The number of nitrogens with one attached hydrogen (secondary N) is 1. The van der Waals surface area contributed by atoms with Crippen LogP contribution in [0.15, 0.2) is 30.3 Å². The van der Waals surface area contributed by atoms with Crippen LogP contribution in [0.1, 0.15) is 29.3 Å². The predicted molar refractivity (Wildman–Crippen MR) is 65.7 cm³/mol. The van der Waals surface area contributed by atoms with Crippen LogP contribution in [0.25, 0.3) is 6.08 Å². The van der Waals surface area contributed by atoms with E-state index in [1.807, 2.05) is 31.2 Å². The maximum absolute atomic E-state index is 11.6. The molecular formula is C13H15NO3. The van der Waals surface area contributed by atoms with E-state index in [-0.39, 0.29) is 18.9 Å². The number of hydrogen-bond donors (Lipinski definition) is 2. The molecule has 17 heavy (non-hydrogen) atoms. The van der Waals surface area contributed by atoms with Crippen molar-refractivity contribution < 1.29 is 14.7 Å². The Bertz CT molecular complexity index is 421. The minimum Gasteiger partial charge on any atom is -0.481 e. The molecule has 1 amide bonds. The summed E-state index contributed by atoms with van der Waals surface area (Å²) in [5.41, 5.74) is 1.55. The molecule has 0 aliphatic rings. The van der Waals surface area contributed by atoms with Gasteiger partial charge in [-0.1, -0.05) is 24.3 Å². The van der Waals surface area contributed by atoms with Crippen molar-refractivity contribution in [3.8, 4) is 0 Å². The lowest BCUT2D eigenvalue weighted by Crippen LogP contribution is -2.25. The Labute approximate surface area is 100.0 Å². The molecule has 1 aromatic rings. The van der Waals surface area contributed by atoms with Gasteiger partial charge in [0.05, 0.1) is 6.42 Å². The Hall–Kier alpha value is -2.10. The summed E-state index contributed by atoms with van der Waals surface area (Å²) in [4.78, 5) is 21.8. The van der Waals surface area contributed by atoms with Gasteiger partial charge in [-0.25, -0.2) is 0 Å². The van der Waals surface area contributed by atoms with Gasteiger partial charge in [0.25, 0.3) is 5.91 Å². The van der Waals surface area contributed by atoms with Crippen molar-refractivity contribution in [1.29, 1.82) is 0 Å². The molecule has 0 bridgehead atoms. The zero-order chi connectivity index (χ0) is 12.7. The van der Waals surface area contributed by atoms with Gasteiger partial charge in [0.15, 0.2) is 0 Å². The summed E-state index contributed by atoms with van der Waals surface area (Å²) in [6, 6.07) is 7.11. The summed E-state index contributed by atoms with van der Waals surface area (Å²) in [6.45, 7) is 2.07. The third-order valence-corrected chi connectivity index (χ3v) is 2.16. The molecule has 0 aliphatic carbocycles. The first-order chi connectivity index (χ1) is 8.13. The van der Waals surface area contributed by atoms with E-state index in [1.54, 1.807) is 12.1 Å². The first-order valence-corrected chi connectivity index (χ1v) is 5.36. The van der Waals surface area contributed by atoms with Crippen molar-refractivity contribution in [3.63, 3.8) is 0 Å². The van der Waals surface area contributed by atoms with E-state index in [4.69, 9.17) is 5.11 Å². The van der Waals surface area contributed by atoms with Crippen LogP contribution < -0.4 is 5.32 Å². The zero-order valence-corrected chi connectivity index (χ0v) is 9.64. The maximum atomic E-state index is 11.6. The fraction of sp³-hybridized carbons (Fsp3) is 0.231. The normalized spacial score (nSPS) is 10.4. The van der Waals surface area contributed by atoms with Crippen LogP contribution >= 0.6 is 0 Å². The molecule has 1 rings (SSSR count). The fourth-order valence-corrected chi connectivity index (χ4v) is 1.32. The molecule has 0 aromatic heterocycles. The molecular weight excluding hydrogens is 218 g/mol. The molecule has 0 saturated heterocycles. The topological polar surface area (TPSA) is 66.4 Å². The molecule has 0 saturated carbocycles. The van der Waals surface area contributed by atoms with Crippen LogP contribution in [0.4, 0.5) is 0 Å². The predicted octanol–water partition coefficient (Wildman–Crippen LogP) is 1.92. The molecule has 0 radical (unpaired) electrons. The van der Waals surface area contributed by atoms with E-state index in [1.165, 1.54) is 0 Å². The molecule has 0 atom stereocenters. The van der Waals surface area contributed by atoms with Crippen LogP contribution in [-0.4, -0.2) is 23.5 Å². The first kappa shape index (κ1) is 13.0. The Kier molecular flexibility index (Phi) is 4.94. The molecule has 4 heteroatoms. The van der Waals surface area contributed by atoms with Gasteiger partial charge in [-0.05, 0) is 24.6 Å². The maximum Gasteiger partial charge on any atom is 0.305 e. The number of carboxylic acids is 1. The third kappa shape index (κ3) is 4.51. The van der Waals surface area contributed by atoms with Crippen LogP contribution in [-0.2, 0) is 4.79 Å². The van der Waals surface area contributed by atoms with E-state index >= 15 is 0 Å². The number of hydrogen-bond acceptors (Lipinski definition) is 2.